The molecule has 0 saturated heterocycles. The second-order valence-electron chi connectivity index (χ2n) is 4.59. The fourth-order valence-corrected chi connectivity index (χ4v) is 4.83. The maximum absolute atomic E-state index is 12.1. The minimum absolute atomic E-state index is 0.0312. The fraction of sp³-hybridized carbons (Fsp3) is 0.600. The van der Waals surface area contributed by atoms with Gasteiger partial charge in [0.1, 0.15) is 0 Å². The number of rotatable bonds is 4. The van der Waals surface area contributed by atoms with Gasteiger partial charge in [0.2, 0.25) is 0 Å². The van der Waals surface area contributed by atoms with E-state index in [1.54, 1.807) is 0 Å². The van der Waals surface area contributed by atoms with Crippen LogP contribution in [0.3, 0.4) is 0 Å². The third-order valence-corrected chi connectivity index (χ3v) is 6.25. The zero-order valence-corrected chi connectivity index (χ0v) is 11.8. The molecule has 0 unspecified atom stereocenters. The van der Waals surface area contributed by atoms with Crippen molar-refractivity contribution in [3.63, 3.8) is 0 Å². The van der Waals surface area contributed by atoms with Gasteiger partial charge in [0, 0.05) is 11.7 Å². The Morgan fingerprint density at radius 2 is 2.16 bits per heavy atom. The maximum atomic E-state index is 12.1. The van der Waals surface area contributed by atoms with E-state index in [1.165, 1.54) is 6.92 Å². The largest absolute Gasteiger partial charge is 0.481 e. The number of hydrogen-bond acceptors (Lipinski definition) is 5. The first kappa shape index (κ1) is 14.2. The number of carboxylic acids is 1. The summed E-state index contributed by atoms with van der Waals surface area (Å²) >= 11 is 0.634. The summed E-state index contributed by atoms with van der Waals surface area (Å²) in [6.07, 6.45) is 1.24. The number of H-pyrrole nitrogens is 1. The molecule has 0 amide bonds. The Morgan fingerprint density at radius 1 is 1.47 bits per heavy atom. The third kappa shape index (κ3) is 3.04. The molecule has 2 rings (SSSR count). The Kier molecular flexibility index (Phi) is 3.79. The van der Waals surface area contributed by atoms with Gasteiger partial charge in [0.15, 0.2) is 4.21 Å². The van der Waals surface area contributed by atoms with Crippen molar-refractivity contribution in [1.82, 2.24) is 9.71 Å². The molecule has 0 aliphatic heterocycles. The monoisotopic (exact) mass is 306 g/mol. The van der Waals surface area contributed by atoms with Gasteiger partial charge in [-0.3, -0.25) is 9.59 Å². The van der Waals surface area contributed by atoms with E-state index in [-0.39, 0.29) is 16.7 Å². The van der Waals surface area contributed by atoms with Crippen LogP contribution < -0.4 is 9.60 Å². The van der Waals surface area contributed by atoms with Crippen molar-refractivity contribution >= 4 is 27.3 Å². The van der Waals surface area contributed by atoms with Gasteiger partial charge in [-0.15, -0.1) is 0 Å². The molecule has 1 aromatic heterocycles. The number of carboxylic acid groups (broad SMARTS) is 1. The van der Waals surface area contributed by atoms with Crippen LogP contribution in [0.5, 0.6) is 0 Å². The van der Waals surface area contributed by atoms with Crippen molar-refractivity contribution in [1.29, 1.82) is 0 Å². The van der Waals surface area contributed by atoms with Crippen molar-refractivity contribution in [3.05, 3.63) is 15.4 Å². The van der Waals surface area contributed by atoms with Gasteiger partial charge >= 0.3 is 10.8 Å². The topological polar surface area (TPSA) is 116 Å². The van der Waals surface area contributed by atoms with Gasteiger partial charge in [-0.25, -0.2) is 13.1 Å². The molecule has 3 N–H and O–H groups in total. The van der Waals surface area contributed by atoms with Gasteiger partial charge in [-0.2, -0.15) is 0 Å². The predicted octanol–water partition coefficient (Wildman–Crippen LogP) is 0.276. The number of carbonyl (C=O) groups is 1. The molecule has 1 aliphatic carbocycles. The Bertz CT molecular complexity index is 645. The van der Waals surface area contributed by atoms with E-state index in [0.29, 0.717) is 29.9 Å². The molecule has 2 atom stereocenters. The molecular weight excluding hydrogens is 292 g/mol. The zero-order valence-electron chi connectivity index (χ0n) is 10.2. The average Bonchev–Trinajstić information content (AvgIpc) is 2.85. The number of hydrogen-bond donors (Lipinski definition) is 3. The minimum atomic E-state index is -3.76. The lowest BCUT2D eigenvalue weighted by Gasteiger charge is -2.12. The lowest BCUT2D eigenvalue weighted by molar-refractivity contribution is -0.141. The minimum Gasteiger partial charge on any atom is -0.481 e. The number of aromatic amines is 1. The molecule has 7 nitrogen and oxygen atoms in total. The molecule has 0 spiro atoms. The van der Waals surface area contributed by atoms with Gasteiger partial charge in [0.25, 0.3) is 10.0 Å². The van der Waals surface area contributed by atoms with E-state index < -0.39 is 26.8 Å². The Morgan fingerprint density at radius 3 is 2.63 bits per heavy atom. The van der Waals surface area contributed by atoms with Crippen LogP contribution in [0.25, 0.3) is 0 Å². The summed E-state index contributed by atoms with van der Waals surface area (Å²) < 4.78 is 26.6. The summed E-state index contributed by atoms with van der Waals surface area (Å²) in [6.45, 7) is 1.52. The average molecular weight is 306 g/mol. The summed E-state index contributed by atoms with van der Waals surface area (Å²) in [5.74, 6) is -1.40. The maximum Gasteiger partial charge on any atom is 0.306 e. The summed E-state index contributed by atoms with van der Waals surface area (Å²) in [5, 5.41) is 8.87. The second-order valence-corrected chi connectivity index (χ2v) is 7.49. The van der Waals surface area contributed by atoms with Crippen LogP contribution in [-0.4, -0.2) is 30.5 Å². The zero-order chi connectivity index (χ0) is 14.2. The highest BCUT2D eigenvalue weighted by Crippen LogP contribution is 2.27. The van der Waals surface area contributed by atoms with Crippen molar-refractivity contribution in [3.8, 4) is 0 Å². The van der Waals surface area contributed by atoms with E-state index in [9.17, 15) is 18.0 Å². The summed E-state index contributed by atoms with van der Waals surface area (Å²) in [5.41, 5.74) is 0.301. The summed E-state index contributed by atoms with van der Waals surface area (Å²) in [6, 6.07) is -0.386. The van der Waals surface area contributed by atoms with E-state index in [1.807, 2.05) is 0 Å². The first-order chi connectivity index (χ1) is 8.79. The summed E-state index contributed by atoms with van der Waals surface area (Å²) in [7, 11) is -3.76. The molecule has 0 bridgehead atoms. The number of nitrogens with one attached hydrogen (secondary N) is 2. The van der Waals surface area contributed by atoms with Crippen LogP contribution in [0.1, 0.15) is 25.0 Å². The number of aryl methyl sites for hydroxylation is 1. The Labute approximate surface area is 113 Å². The van der Waals surface area contributed by atoms with E-state index in [4.69, 9.17) is 5.11 Å². The van der Waals surface area contributed by atoms with Crippen molar-refractivity contribution in [2.45, 2.75) is 36.4 Å². The standard InChI is InChI=1S/C10H14N2O5S2/c1-5-9(18-10(15)11-5)19(16,17)12-7-3-2-6(4-7)8(13)14/h6-7,12H,2-4H2,1H3,(H,11,15)(H,13,14)/t6-,7+/m1/s1. The highest BCUT2D eigenvalue weighted by Gasteiger charge is 2.33. The molecule has 0 aromatic carbocycles. The lowest BCUT2D eigenvalue weighted by atomic mass is 10.1. The smallest absolute Gasteiger partial charge is 0.306 e. The van der Waals surface area contributed by atoms with Crippen LogP contribution in [0, 0.1) is 12.8 Å². The van der Waals surface area contributed by atoms with Gasteiger partial charge in [-0.05, 0) is 26.2 Å². The van der Waals surface area contributed by atoms with Crippen molar-refractivity contribution in [2.24, 2.45) is 5.92 Å². The highest BCUT2D eigenvalue weighted by atomic mass is 32.2. The third-order valence-electron chi connectivity index (χ3n) is 3.13. The van der Waals surface area contributed by atoms with E-state index in [2.05, 4.69) is 9.71 Å². The molecule has 1 fully saturated rings. The SMILES string of the molecule is Cc1[nH]c(=O)sc1S(=O)(=O)N[C@H]1CC[C@@H](C(=O)O)C1. The number of thiazole rings is 1. The normalized spacial score (nSPS) is 23.6. The molecule has 0 radical (unpaired) electrons. The molecule has 1 aromatic rings. The van der Waals surface area contributed by atoms with Crippen LogP contribution in [0.4, 0.5) is 0 Å². The van der Waals surface area contributed by atoms with Crippen LogP contribution in [-0.2, 0) is 14.8 Å². The van der Waals surface area contributed by atoms with E-state index >= 15 is 0 Å². The van der Waals surface area contributed by atoms with Crippen molar-refractivity contribution in [2.75, 3.05) is 0 Å². The number of aliphatic carboxylic acids is 1. The first-order valence-electron chi connectivity index (χ1n) is 5.74. The van der Waals surface area contributed by atoms with Crippen LogP contribution >= 0.6 is 11.3 Å². The predicted molar refractivity (Wildman–Crippen MR) is 68.8 cm³/mol. The van der Waals surface area contributed by atoms with Crippen LogP contribution in [0.15, 0.2) is 9.00 Å². The Hall–Kier alpha value is -1.19. The lowest BCUT2D eigenvalue weighted by Crippen LogP contribution is -2.33. The Balaban J connectivity index is 2.13. The number of sulfonamides is 1. The van der Waals surface area contributed by atoms with Gasteiger partial charge in [-0.1, -0.05) is 11.3 Å². The van der Waals surface area contributed by atoms with Crippen molar-refractivity contribution < 1.29 is 18.3 Å². The fourth-order valence-electron chi connectivity index (χ4n) is 2.23. The molecule has 106 valence electrons. The molecule has 1 heterocycles. The molecule has 1 aliphatic rings. The van der Waals surface area contributed by atoms with Crippen LogP contribution in [0.2, 0.25) is 0 Å². The highest BCUT2D eigenvalue weighted by molar-refractivity contribution is 7.91. The molecule has 9 heteroatoms. The molecular formula is C10H14N2O5S2. The van der Waals surface area contributed by atoms with E-state index in [0.717, 1.165) is 0 Å². The molecule has 1 saturated carbocycles. The summed E-state index contributed by atoms with van der Waals surface area (Å²) in [4.78, 5) is 23.9. The quantitative estimate of drug-likeness (QED) is 0.738. The van der Waals surface area contributed by atoms with Gasteiger partial charge in [0.05, 0.1) is 5.92 Å². The number of aromatic nitrogens is 1. The second kappa shape index (κ2) is 5.06. The first-order valence-corrected chi connectivity index (χ1v) is 8.04. The van der Waals surface area contributed by atoms with Gasteiger partial charge < -0.3 is 10.1 Å². The molecule has 19 heavy (non-hydrogen) atoms.